The molecule has 0 atom stereocenters. The van der Waals surface area contributed by atoms with Crippen molar-refractivity contribution in [1.29, 1.82) is 0 Å². The van der Waals surface area contributed by atoms with E-state index in [9.17, 15) is 0 Å². The predicted molar refractivity (Wildman–Crippen MR) is 62.6 cm³/mol. The highest BCUT2D eigenvalue weighted by Crippen LogP contribution is 2.25. The molecule has 1 aromatic heterocycles. The number of pyridine rings is 1. The molecule has 0 aromatic carbocycles. The summed E-state index contributed by atoms with van der Waals surface area (Å²) in [6, 6.07) is 2.21. The summed E-state index contributed by atoms with van der Waals surface area (Å²) in [6.45, 7) is 2.19. The van der Waals surface area contributed by atoms with Crippen molar-refractivity contribution in [2.45, 2.75) is 45.4 Å². The van der Waals surface area contributed by atoms with E-state index in [1.54, 1.807) is 0 Å². The maximum atomic E-state index is 4.56. The third-order valence-electron chi connectivity index (χ3n) is 2.98. The van der Waals surface area contributed by atoms with E-state index in [0.29, 0.717) is 0 Å². The number of aryl methyl sites for hydroxylation is 2. The van der Waals surface area contributed by atoms with Crippen molar-refractivity contribution in [2.75, 3.05) is 0 Å². The lowest BCUT2D eigenvalue weighted by Gasteiger charge is -2.10. The van der Waals surface area contributed by atoms with Crippen LogP contribution in [-0.4, -0.2) is 4.98 Å². The molecule has 1 aliphatic rings. The zero-order chi connectivity index (χ0) is 9.97. The lowest BCUT2D eigenvalue weighted by atomic mass is 10.0. The summed E-state index contributed by atoms with van der Waals surface area (Å²) in [4.78, 5) is 4.56. The summed E-state index contributed by atoms with van der Waals surface area (Å²) in [5, 5.41) is 0. The lowest BCUT2D eigenvalue weighted by Crippen LogP contribution is -2.01. The van der Waals surface area contributed by atoms with Gasteiger partial charge in [-0.05, 0) is 65.2 Å². The average molecular weight is 254 g/mol. The summed E-state index contributed by atoms with van der Waals surface area (Å²) in [6.07, 6.45) is 7.58. The molecule has 0 N–H and O–H groups in total. The van der Waals surface area contributed by atoms with Crippen LogP contribution in [0.2, 0.25) is 0 Å². The maximum absolute atomic E-state index is 4.56. The van der Waals surface area contributed by atoms with Gasteiger partial charge in [-0.1, -0.05) is 13.3 Å². The van der Waals surface area contributed by atoms with E-state index in [0.717, 1.165) is 11.0 Å². The number of hydrogen-bond acceptors (Lipinski definition) is 1. The van der Waals surface area contributed by atoms with Crippen LogP contribution in [0.15, 0.2) is 10.7 Å². The topological polar surface area (TPSA) is 12.9 Å². The summed E-state index contributed by atoms with van der Waals surface area (Å²) >= 11 is 3.50. The first-order valence-corrected chi connectivity index (χ1v) is 6.27. The summed E-state index contributed by atoms with van der Waals surface area (Å²) < 4.78 is 1.01. The summed E-state index contributed by atoms with van der Waals surface area (Å²) in [5.41, 5.74) is 4.37. The Morgan fingerprint density at radius 1 is 1.29 bits per heavy atom. The fraction of sp³-hybridized carbons (Fsp3) is 0.583. The van der Waals surface area contributed by atoms with Gasteiger partial charge in [-0.25, -0.2) is 4.98 Å². The molecule has 0 aliphatic heterocycles. The van der Waals surface area contributed by atoms with Gasteiger partial charge in [0, 0.05) is 5.69 Å². The fourth-order valence-electron chi connectivity index (χ4n) is 2.26. The number of halogens is 1. The Morgan fingerprint density at radius 3 is 2.86 bits per heavy atom. The van der Waals surface area contributed by atoms with Crippen LogP contribution in [0.5, 0.6) is 0 Å². The van der Waals surface area contributed by atoms with E-state index >= 15 is 0 Å². The third-order valence-corrected chi connectivity index (χ3v) is 3.39. The minimum atomic E-state index is 1.01. The van der Waals surface area contributed by atoms with Gasteiger partial charge in [0.05, 0.1) is 0 Å². The number of rotatable bonds is 1. The van der Waals surface area contributed by atoms with E-state index in [-0.39, 0.29) is 0 Å². The van der Waals surface area contributed by atoms with Crippen LogP contribution in [0.25, 0.3) is 0 Å². The second-order valence-corrected chi connectivity index (χ2v) is 4.76. The van der Waals surface area contributed by atoms with Gasteiger partial charge in [0.2, 0.25) is 0 Å². The van der Waals surface area contributed by atoms with Crippen molar-refractivity contribution < 1.29 is 0 Å². The lowest BCUT2D eigenvalue weighted by molar-refractivity contribution is 0.710. The van der Waals surface area contributed by atoms with Crippen molar-refractivity contribution in [3.05, 3.63) is 27.5 Å². The van der Waals surface area contributed by atoms with Crippen LogP contribution in [-0.2, 0) is 19.3 Å². The molecule has 0 saturated heterocycles. The molecule has 1 aromatic rings. The van der Waals surface area contributed by atoms with Crippen LogP contribution >= 0.6 is 15.9 Å². The second kappa shape index (κ2) is 4.43. The van der Waals surface area contributed by atoms with E-state index < -0.39 is 0 Å². The van der Waals surface area contributed by atoms with Gasteiger partial charge in [-0.2, -0.15) is 0 Å². The molecule has 1 heterocycles. The average Bonchev–Trinajstić information content (AvgIpc) is 2.41. The normalized spacial score (nSPS) is 16.1. The molecule has 0 saturated carbocycles. The minimum Gasteiger partial charge on any atom is -0.246 e. The van der Waals surface area contributed by atoms with E-state index in [4.69, 9.17) is 0 Å². The molecule has 14 heavy (non-hydrogen) atoms. The standard InChI is InChI=1S/C12H16BrN/c1-2-11-10-7-5-3-4-6-9(10)8-12(13)14-11/h8H,2-7H2,1H3. The van der Waals surface area contributed by atoms with Crippen molar-refractivity contribution in [3.8, 4) is 0 Å². The fourth-order valence-corrected chi connectivity index (χ4v) is 2.75. The molecule has 0 spiro atoms. The molecule has 76 valence electrons. The van der Waals surface area contributed by atoms with Gasteiger partial charge in [-0.3, -0.25) is 0 Å². The van der Waals surface area contributed by atoms with E-state index in [1.165, 1.54) is 48.9 Å². The zero-order valence-corrected chi connectivity index (χ0v) is 10.2. The Balaban J connectivity index is 2.46. The maximum Gasteiger partial charge on any atom is 0.106 e. The predicted octanol–water partition coefficient (Wildman–Crippen LogP) is 3.68. The summed E-state index contributed by atoms with van der Waals surface area (Å²) in [5.74, 6) is 0. The van der Waals surface area contributed by atoms with Crippen LogP contribution < -0.4 is 0 Å². The number of nitrogens with zero attached hydrogens (tertiary/aromatic N) is 1. The van der Waals surface area contributed by atoms with Crippen LogP contribution in [0, 0.1) is 0 Å². The number of fused-ring (bicyclic) bond motifs is 1. The Labute approximate surface area is 94.1 Å². The van der Waals surface area contributed by atoms with Gasteiger partial charge in [0.1, 0.15) is 4.60 Å². The Morgan fingerprint density at radius 2 is 2.07 bits per heavy atom. The SMILES string of the molecule is CCc1nc(Br)cc2c1CCCCC2. The minimum absolute atomic E-state index is 1.01. The van der Waals surface area contributed by atoms with Gasteiger partial charge in [0.25, 0.3) is 0 Å². The molecule has 2 rings (SSSR count). The molecular weight excluding hydrogens is 238 g/mol. The van der Waals surface area contributed by atoms with E-state index in [1.807, 2.05) is 0 Å². The van der Waals surface area contributed by atoms with Gasteiger partial charge in [0.15, 0.2) is 0 Å². The highest BCUT2D eigenvalue weighted by atomic mass is 79.9. The van der Waals surface area contributed by atoms with Crippen LogP contribution in [0.1, 0.15) is 43.0 Å². The number of hydrogen-bond donors (Lipinski definition) is 0. The van der Waals surface area contributed by atoms with Crippen molar-refractivity contribution >= 4 is 15.9 Å². The Hall–Kier alpha value is -0.370. The van der Waals surface area contributed by atoms with Gasteiger partial charge >= 0.3 is 0 Å². The van der Waals surface area contributed by atoms with E-state index in [2.05, 4.69) is 33.9 Å². The molecule has 0 bridgehead atoms. The molecule has 1 aliphatic carbocycles. The molecule has 0 amide bonds. The monoisotopic (exact) mass is 253 g/mol. The van der Waals surface area contributed by atoms with Gasteiger partial charge < -0.3 is 0 Å². The first kappa shape index (κ1) is 10.2. The van der Waals surface area contributed by atoms with Crippen molar-refractivity contribution in [2.24, 2.45) is 0 Å². The Bertz CT molecular complexity index is 333. The molecule has 2 heteroatoms. The quantitative estimate of drug-likeness (QED) is 0.550. The molecule has 0 fully saturated rings. The number of aromatic nitrogens is 1. The molecule has 0 radical (unpaired) electrons. The smallest absolute Gasteiger partial charge is 0.106 e. The first-order chi connectivity index (χ1) is 6.81. The summed E-state index contributed by atoms with van der Waals surface area (Å²) in [7, 11) is 0. The highest BCUT2D eigenvalue weighted by molar-refractivity contribution is 9.10. The van der Waals surface area contributed by atoms with Crippen molar-refractivity contribution in [1.82, 2.24) is 4.98 Å². The Kier molecular flexibility index (Phi) is 3.22. The van der Waals surface area contributed by atoms with Crippen molar-refractivity contribution in [3.63, 3.8) is 0 Å². The molecule has 1 nitrogen and oxygen atoms in total. The third kappa shape index (κ3) is 2.00. The second-order valence-electron chi connectivity index (χ2n) is 3.94. The molecular formula is C12H16BrN. The van der Waals surface area contributed by atoms with Gasteiger partial charge in [-0.15, -0.1) is 0 Å². The van der Waals surface area contributed by atoms with Crippen LogP contribution in [0.3, 0.4) is 0 Å². The van der Waals surface area contributed by atoms with Crippen LogP contribution in [0.4, 0.5) is 0 Å². The molecule has 0 unspecified atom stereocenters. The first-order valence-electron chi connectivity index (χ1n) is 5.48. The zero-order valence-electron chi connectivity index (χ0n) is 8.65. The largest absolute Gasteiger partial charge is 0.246 e. The highest BCUT2D eigenvalue weighted by Gasteiger charge is 2.13.